The Morgan fingerprint density at radius 1 is 1.38 bits per heavy atom. The second-order valence-electron chi connectivity index (χ2n) is 6.10. The van der Waals surface area contributed by atoms with E-state index in [1.165, 1.54) is 6.07 Å². The van der Waals surface area contributed by atoms with Gasteiger partial charge in [0, 0.05) is 29.9 Å². The number of para-hydroxylation sites is 1. The van der Waals surface area contributed by atoms with Crippen LogP contribution in [-0.2, 0) is 16.6 Å². The molecule has 0 bridgehead atoms. The first-order chi connectivity index (χ1) is 12.4. The highest BCUT2D eigenvalue weighted by Gasteiger charge is 2.39. The van der Waals surface area contributed by atoms with Crippen molar-refractivity contribution in [1.29, 1.82) is 0 Å². The summed E-state index contributed by atoms with van der Waals surface area (Å²) >= 11 is 0. The van der Waals surface area contributed by atoms with Gasteiger partial charge in [-0.05, 0) is 20.8 Å². The van der Waals surface area contributed by atoms with Crippen molar-refractivity contribution in [2.75, 3.05) is 11.9 Å². The molecule has 0 saturated heterocycles. The SMILES string of the molecule is CCOC(=O)C1=C(C)Nc2c(c(C)nn2C)C1c1ccccc1[N+](=O)[O-]. The minimum absolute atomic E-state index is 0.0387. The quantitative estimate of drug-likeness (QED) is 0.513. The summed E-state index contributed by atoms with van der Waals surface area (Å²) in [6, 6.07) is 6.46. The van der Waals surface area contributed by atoms with Crippen LogP contribution in [0.2, 0.25) is 0 Å². The van der Waals surface area contributed by atoms with E-state index in [0.29, 0.717) is 22.5 Å². The first-order valence-electron chi connectivity index (χ1n) is 8.28. The number of nitrogens with zero attached hydrogens (tertiary/aromatic N) is 3. The Labute approximate surface area is 150 Å². The number of fused-ring (bicyclic) bond motifs is 1. The van der Waals surface area contributed by atoms with Crippen molar-refractivity contribution in [2.24, 2.45) is 7.05 Å². The standard InChI is InChI=1S/C18H20N4O4/c1-5-26-18(23)15-10(2)19-17-14(11(3)20-21(17)4)16(15)12-8-6-7-9-13(12)22(24)25/h6-9,16,19H,5H2,1-4H3. The third-order valence-corrected chi connectivity index (χ3v) is 4.50. The van der Waals surface area contributed by atoms with Gasteiger partial charge in [0.1, 0.15) is 5.82 Å². The summed E-state index contributed by atoms with van der Waals surface area (Å²) in [4.78, 5) is 23.8. The first-order valence-corrected chi connectivity index (χ1v) is 8.28. The molecule has 1 unspecified atom stereocenters. The monoisotopic (exact) mass is 356 g/mol. The van der Waals surface area contributed by atoms with Gasteiger partial charge in [-0.3, -0.25) is 14.8 Å². The summed E-state index contributed by atoms with van der Waals surface area (Å²) in [5.74, 6) is -0.397. The number of hydrogen-bond acceptors (Lipinski definition) is 6. The third kappa shape index (κ3) is 2.73. The summed E-state index contributed by atoms with van der Waals surface area (Å²) in [6.45, 7) is 5.54. The number of benzene rings is 1. The fourth-order valence-corrected chi connectivity index (χ4v) is 3.46. The zero-order valence-corrected chi connectivity index (χ0v) is 15.1. The molecule has 0 spiro atoms. The van der Waals surface area contributed by atoms with Gasteiger partial charge in [0.05, 0.1) is 28.7 Å². The Morgan fingerprint density at radius 3 is 2.73 bits per heavy atom. The molecule has 1 aliphatic heterocycles. The van der Waals surface area contributed by atoms with Crippen LogP contribution in [0.5, 0.6) is 0 Å². The van der Waals surface area contributed by atoms with Gasteiger partial charge in [0.15, 0.2) is 0 Å². The number of allylic oxidation sites excluding steroid dienone is 1. The number of hydrogen-bond donors (Lipinski definition) is 1. The maximum Gasteiger partial charge on any atom is 0.336 e. The molecule has 2 aromatic rings. The van der Waals surface area contributed by atoms with Gasteiger partial charge in [0.2, 0.25) is 0 Å². The van der Waals surface area contributed by atoms with E-state index in [0.717, 1.165) is 11.4 Å². The number of anilines is 1. The molecule has 0 radical (unpaired) electrons. The van der Waals surface area contributed by atoms with Crippen LogP contribution in [-0.4, -0.2) is 27.3 Å². The average Bonchev–Trinajstić information content (AvgIpc) is 2.87. The number of aromatic nitrogens is 2. The number of carbonyl (C=O) groups is 1. The summed E-state index contributed by atoms with van der Waals surface area (Å²) in [5.41, 5.74) is 2.82. The molecule has 0 saturated carbocycles. The van der Waals surface area contributed by atoms with E-state index in [2.05, 4.69) is 10.4 Å². The molecular formula is C18H20N4O4. The van der Waals surface area contributed by atoms with Crippen molar-refractivity contribution in [1.82, 2.24) is 9.78 Å². The van der Waals surface area contributed by atoms with E-state index in [9.17, 15) is 14.9 Å². The van der Waals surface area contributed by atoms with Gasteiger partial charge < -0.3 is 10.1 Å². The Bertz CT molecular complexity index is 929. The van der Waals surface area contributed by atoms with Crippen LogP contribution in [0.1, 0.15) is 36.6 Å². The molecule has 8 nitrogen and oxygen atoms in total. The number of nitrogens with one attached hydrogen (secondary N) is 1. The number of aryl methyl sites for hydroxylation is 2. The van der Waals surface area contributed by atoms with Crippen molar-refractivity contribution >= 4 is 17.5 Å². The number of rotatable bonds is 4. The largest absolute Gasteiger partial charge is 0.463 e. The molecule has 0 fully saturated rings. The molecular weight excluding hydrogens is 336 g/mol. The number of nitro benzene ring substituents is 1. The van der Waals surface area contributed by atoms with Crippen molar-refractivity contribution in [3.63, 3.8) is 0 Å². The van der Waals surface area contributed by atoms with Gasteiger partial charge in [-0.2, -0.15) is 5.10 Å². The zero-order valence-electron chi connectivity index (χ0n) is 15.1. The smallest absolute Gasteiger partial charge is 0.336 e. The van der Waals surface area contributed by atoms with Crippen LogP contribution in [0.25, 0.3) is 0 Å². The second kappa shape index (κ2) is 6.62. The molecule has 136 valence electrons. The highest BCUT2D eigenvalue weighted by Crippen LogP contribution is 2.45. The van der Waals surface area contributed by atoms with E-state index >= 15 is 0 Å². The van der Waals surface area contributed by atoms with Crippen molar-refractivity contribution in [3.05, 3.63) is 62.5 Å². The Morgan fingerprint density at radius 2 is 2.08 bits per heavy atom. The van der Waals surface area contributed by atoms with Crippen LogP contribution in [0, 0.1) is 17.0 Å². The van der Waals surface area contributed by atoms with Gasteiger partial charge in [-0.1, -0.05) is 18.2 Å². The fraction of sp³-hybridized carbons (Fsp3) is 0.333. The molecule has 1 aromatic heterocycles. The van der Waals surface area contributed by atoms with E-state index in [-0.39, 0.29) is 12.3 Å². The number of esters is 1. The molecule has 26 heavy (non-hydrogen) atoms. The molecule has 3 rings (SSSR count). The lowest BCUT2D eigenvalue weighted by Crippen LogP contribution is -2.25. The van der Waals surface area contributed by atoms with Crippen LogP contribution in [0.4, 0.5) is 11.5 Å². The maximum absolute atomic E-state index is 12.7. The Balaban J connectivity index is 2.31. The van der Waals surface area contributed by atoms with Crippen LogP contribution >= 0.6 is 0 Å². The highest BCUT2D eigenvalue weighted by molar-refractivity contribution is 5.95. The van der Waals surface area contributed by atoms with Crippen molar-refractivity contribution in [3.8, 4) is 0 Å². The first kappa shape index (κ1) is 17.7. The van der Waals surface area contributed by atoms with Crippen molar-refractivity contribution < 1.29 is 14.5 Å². The Kier molecular flexibility index (Phi) is 4.50. The highest BCUT2D eigenvalue weighted by atomic mass is 16.6. The van der Waals surface area contributed by atoms with Crippen molar-refractivity contribution in [2.45, 2.75) is 26.7 Å². The molecule has 2 heterocycles. The molecule has 1 aromatic carbocycles. The lowest BCUT2D eigenvalue weighted by atomic mass is 9.81. The Hall–Kier alpha value is -3.16. The summed E-state index contributed by atoms with van der Waals surface area (Å²) in [6.07, 6.45) is 0. The lowest BCUT2D eigenvalue weighted by molar-refractivity contribution is -0.385. The topological polar surface area (TPSA) is 99.3 Å². The lowest BCUT2D eigenvalue weighted by Gasteiger charge is -2.28. The summed E-state index contributed by atoms with van der Waals surface area (Å²) in [5, 5.41) is 19.2. The van der Waals surface area contributed by atoms with Crippen LogP contribution in [0.15, 0.2) is 35.5 Å². The van der Waals surface area contributed by atoms with E-state index < -0.39 is 16.8 Å². The minimum atomic E-state index is -0.624. The van der Waals surface area contributed by atoms with Gasteiger partial charge >= 0.3 is 5.97 Å². The van der Waals surface area contributed by atoms with Crippen LogP contribution in [0.3, 0.4) is 0 Å². The minimum Gasteiger partial charge on any atom is -0.463 e. The fourth-order valence-electron chi connectivity index (χ4n) is 3.46. The molecule has 1 atom stereocenters. The predicted molar refractivity (Wildman–Crippen MR) is 95.8 cm³/mol. The van der Waals surface area contributed by atoms with Gasteiger partial charge in [0.25, 0.3) is 5.69 Å². The zero-order chi connectivity index (χ0) is 19.0. The number of nitro groups is 1. The third-order valence-electron chi connectivity index (χ3n) is 4.50. The van der Waals surface area contributed by atoms with Gasteiger partial charge in [-0.25, -0.2) is 4.79 Å². The molecule has 1 aliphatic rings. The van der Waals surface area contributed by atoms with E-state index in [1.807, 2.05) is 6.92 Å². The second-order valence-corrected chi connectivity index (χ2v) is 6.10. The van der Waals surface area contributed by atoms with E-state index in [1.54, 1.807) is 43.8 Å². The molecule has 1 N–H and O–H groups in total. The number of carbonyl (C=O) groups excluding carboxylic acids is 1. The number of ether oxygens (including phenoxy) is 1. The molecule has 0 aliphatic carbocycles. The summed E-state index contributed by atoms with van der Waals surface area (Å²) in [7, 11) is 1.79. The average molecular weight is 356 g/mol. The summed E-state index contributed by atoms with van der Waals surface area (Å²) < 4.78 is 6.91. The van der Waals surface area contributed by atoms with E-state index in [4.69, 9.17) is 4.74 Å². The molecule has 0 amide bonds. The normalized spacial score (nSPS) is 16.1. The van der Waals surface area contributed by atoms with Crippen LogP contribution < -0.4 is 5.32 Å². The predicted octanol–water partition coefficient (Wildman–Crippen LogP) is 3.03. The van der Waals surface area contributed by atoms with Gasteiger partial charge in [-0.15, -0.1) is 0 Å². The molecule has 8 heteroatoms. The maximum atomic E-state index is 12.7.